The van der Waals surface area contributed by atoms with Crippen LogP contribution in [0.5, 0.6) is 0 Å². The smallest absolute Gasteiger partial charge is 0.243 e. The summed E-state index contributed by atoms with van der Waals surface area (Å²) < 4.78 is 28.1. The highest BCUT2D eigenvalue weighted by molar-refractivity contribution is 9.10. The molecule has 0 spiro atoms. The van der Waals surface area contributed by atoms with E-state index in [0.717, 1.165) is 35.0 Å². The maximum Gasteiger partial charge on any atom is 0.243 e. The lowest BCUT2D eigenvalue weighted by Crippen LogP contribution is -2.28. The van der Waals surface area contributed by atoms with Crippen LogP contribution in [0.3, 0.4) is 0 Å². The zero-order valence-electron chi connectivity index (χ0n) is 12.2. The maximum atomic E-state index is 12.8. The third-order valence-corrected chi connectivity index (χ3v) is 7.06. The molecule has 1 aromatic rings. The minimum Gasteiger partial charge on any atom is -0.310 e. The van der Waals surface area contributed by atoms with E-state index >= 15 is 0 Å². The second-order valence-corrected chi connectivity index (χ2v) is 8.73. The Hall–Kier alpha value is -0.430. The third-order valence-electron chi connectivity index (χ3n) is 4.21. The number of benzene rings is 1. The van der Waals surface area contributed by atoms with Crippen LogP contribution in [0.2, 0.25) is 0 Å². The number of hydrogen-bond donors (Lipinski definition) is 1. The summed E-state index contributed by atoms with van der Waals surface area (Å²) in [5, 5.41) is 3.44. The molecule has 0 amide bonds. The van der Waals surface area contributed by atoms with Gasteiger partial charge >= 0.3 is 0 Å². The van der Waals surface area contributed by atoms with Gasteiger partial charge in [0, 0.05) is 30.1 Å². The van der Waals surface area contributed by atoms with Crippen molar-refractivity contribution in [3.8, 4) is 0 Å². The Morgan fingerprint density at radius 2 is 1.95 bits per heavy atom. The predicted octanol–water partition coefficient (Wildman–Crippen LogP) is 2.79. The quantitative estimate of drug-likeness (QED) is 0.864. The lowest BCUT2D eigenvalue weighted by atomic mass is 10.1. The summed E-state index contributed by atoms with van der Waals surface area (Å²) >= 11 is 3.51. The molecule has 1 saturated heterocycles. The van der Waals surface area contributed by atoms with Crippen molar-refractivity contribution >= 4 is 26.0 Å². The number of hydrogen-bond acceptors (Lipinski definition) is 3. The van der Waals surface area contributed by atoms with Crippen molar-refractivity contribution in [3.05, 3.63) is 27.7 Å². The topological polar surface area (TPSA) is 49.4 Å². The van der Waals surface area contributed by atoms with Gasteiger partial charge in [-0.1, -0.05) is 15.9 Å². The molecule has 0 atom stereocenters. The number of halogens is 1. The van der Waals surface area contributed by atoms with Gasteiger partial charge in [-0.15, -0.1) is 0 Å². The zero-order valence-corrected chi connectivity index (χ0v) is 14.6. The summed E-state index contributed by atoms with van der Waals surface area (Å²) in [6.07, 6.45) is 4.38. The molecule has 4 nitrogen and oxygen atoms in total. The zero-order chi connectivity index (χ0) is 15.0. The first-order valence-corrected chi connectivity index (χ1v) is 9.74. The molecule has 6 heteroatoms. The van der Waals surface area contributed by atoms with E-state index in [1.807, 2.05) is 19.1 Å². The maximum absolute atomic E-state index is 12.8. The normalized spacial score (nSPS) is 20.1. The minimum absolute atomic E-state index is 0.450. The van der Waals surface area contributed by atoms with Crippen molar-refractivity contribution in [2.45, 2.75) is 50.1 Å². The van der Waals surface area contributed by atoms with Crippen LogP contribution >= 0.6 is 15.9 Å². The number of nitrogens with one attached hydrogen (secondary N) is 1. The third kappa shape index (κ3) is 3.33. The molecule has 1 saturated carbocycles. The van der Waals surface area contributed by atoms with Crippen molar-refractivity contribution in [3.63, 3.8) is 0 Å². The summed E-state index contributed by atoms with van der Waals surface area (Å²) in [6, 6.07) is 4.47. The standard InChI is InChI=1S/C15H21BrN2O2S/c1-11-14(16)8-12(10-17-13-4-5-13)9-15(11)21(19,20)18-6-2-3-7-18/h8-9,13,17H,2-7,10H2,1H3. The fourth-order valence-electron chi connectivity index (χ4n) is 2.69. The molecule has 2 fully saturated rings. The molecule has 1 N–H and O–H groups in total. The molecule has 1 heterocycles. The molecule has 1 aliphatic heterocycles. The Morgan fingerprint density at radius 1 is 1.29 bits per heavy atom. The summed E-state index contributed by atoms with van der Waals surface area (Å²) in [5.74, 6) is 0. The van der Waals surface area contributed by atoms with Crippen LogP contribution in [-0.4, -0.2) is 31.9 Å². The van der Waals surface area contributed by atoms with Gasteiger partial charge in [0.1, 0.15) is 0 Å². The van der Waals surface area contributed by atoms with E-state index in [9.17, 15) is 8.42 Å². The number of nitrogens with zero attached hydrogens (tertiary/aromatic N) is 1. The lowest BCUT2D eigenvalue weighted by molar-refractivity contribution is 0.476. The van der Waals surface area contributed by atoms with Crippen LogP contribution in [0, 0.1) is 6.92 Å². The van der Waals surface area contributed by atoms with E-state index in [1.165, 1.54) is 12.8 Å². The average molecular weight is 373 g/mol. The molecule has 1 aliphatic carbocycles. The first-order chi connectivity index (χ1) is 9.98. The molecule has 0 unspecified atom stereocenters. The Kier molecular flexibility index (Phi) is 4.41. The van der Waals surface area contributed by atoms with Crippen molar-refractivity contribution in [1.29, 1.82) is 0 Å². The highest BCUT2D eigenvalue weighted by atomic mass is 79.9. The van der Waals surface area contributed by atoms with Crippen molar-refractivity contribution < 1.29 is 8.42 Å². The van der Waals surface area contributed by atoms with Gasteiger partial charge in [-0.05, 0) is 55.9 Å². The van der Waals surface area contributed by atoms with Gasteiger partial charge in [0.05, 0.1) is 4.90 Å². The van der Waals surface area contributed by atoms with Gasteiger partial charge in [0.15, 0.2) is 0 Å². The van der Waals surface area contributed by atoms with E-state index in [-0.39, 0.29) is 0 Å². The summed E-state index contributed by atoms with van der Waals surface area (Å²) in [4.78, 5) is 0.450. The monoisotopic (exact) mass is 372 g/mol. The molecule has 116 valence electrons. The Balaban J connectivity index is 1.91. The molecule has 21 heavy (non-hydrogen) atoms. The minimum atomic E-state index is -3.36. The Bertz CT molecular complexity index is 635. The van der Waals surface area contributed by atoms with Gasteiger partial charge < -0.3 is 5.32 Å². The summed E-state index contributed by atoms with van der Waals surface area (Å²) in [7, 11) is -3.36. The first kappa shape index (κ1) is 15.5. The molecule has 3 rings (SSSR count). The van der Waals surface area contributed by atoms with Crippen LogP contribution < -0.4 is 5.32 Å². The first-order valence-electron chi connectivity index (χ1n) is 7.51. The second-order valence-electron chi connectivity index (χ2n) is 5.97. The van der Waals surface area contributed by atoms with E-state index in [0.29, 0.717) is 24.0 Å². The number of sulfonamides is 1. The SMILES string of the molecule is Cc1c(Br)cc(CNC2CC2)cc1S(=O)(=O)N1CCCC1. The predicted molar refractivity (Wildman–Crippen MR) is 86.7 cm³/mol. The molecular formula is C15H21BrN2O2S. The molecule has 0 radical (unpaired) electrons. The fraction of sp³-hybridized carbons (Fsp3) is 0.600. The van der Waals surface area contributed by atoms with Crippen LogP contribution in [-0.2, 0) is 16.6 Å². The van der Waals surface area contributed by atoms with Gasteiger partial charge in [-0.2, -0.15) is 4.31 Å². The van der Waals surface area contributed by atoms with Gasteiger partial charge in [0.25, 0.3) is 0 Å². The van der Waals surface area contributed by atoms with Gasteiger partial charge in [-0.3, -0.25) is 0 Å². The van der Waals surface area contributed by atoms with E-state index in [2.05, 4.69) is 21.2 Å². The molecular weight excluding hydrogens is 352 g/mol. The highest BCUT2D eigenvalue weighted by Gasteiger charge is 2.29. The molecule has 0 aromatic heterocycles. The molecule has 0 bridgehead atoms. The van der Waals surface area contributed by atoms with Crippen molar-refractivity contribution in [2.75, 3.05) is 13.1 Å². The highest BCUT2D eigenvalue weighted by Crippen LogP contribution is 2.30. The largest absolute Gasteiger partial charge is 0.310 e. The molecule has 1 aromatic carbocycles. The summed E-state index contributed by atoms with van der Waals surface area (Å²) in [6.45, 7) is 3.88. The fourth-order valence-corrected chi connectivity index (χ4v) is 5.15. The molecule has 2 aliphatic rings. The second kappa shape index (κ2) is 5.99. The average Bonchev–Trinajstić information content (AvgIpc) is 3.10. The van der Waals surface area contributed by atoms with Gasteiger partial charge in [-0.25, -0.2) is 8.42 Å². The van der Waals surface area contributed by atoms with Crippen molar-refractivity contribution in [2.24, 2.45) is 0 Å². The van der Waals surface area contributed by atoms with Crippen molar-refractivity contribution in [1.82, 2.24) is 9.62 Å². The van der Waals surface area contributed by atoms with Crippen LogP contribution in [0.15, 0.2) is 21.5 Å². The Morgan fingerprint density at radius 3 is 2.57 bits per heavy atom. The van der Waals surface area contributed by atoms with Crippen LogP contribution in [0.1, 0.15) is 36.8 Å². The number of rotatable bonds is 5. The van der Waals surface area contributed by atoms with E-state index in [1.54, 1.807) is 4.31 Å². The Labute approximate surface area is 135 Å². The summed E-state index contributed by atoms with van der Waals surface area (Å²) in [5.41, 5.74) is 1.83. The van der Waals surface area contributed by atoms with Crippen LogP contribution in [0.4, 0.5) is 0 Å². The van der Waals surface area contributed by atoms with E-state index in [4.69, 9.17) is 0 Å². The van der Waals surface area contributed by atoms with E-state index < -0.39 is 10.0 Å². The van der Waals surface area contributed by atoms with Gasteiger partial charge in [0.2, 0.25) is 10.0 Å². The lowest BCUT2D eigenvalue weighted by Gasteiger charge is -2.19. The van der Waals surface area contributed by atoms with Crippen LogP contribution in [0.25, 0.3) is 0 Å².